The predicted octanol–water partition coefficient (Wildman–Crippen LogP) is 5.63. The molecule has 0 amide bonds. The minimum Gasteiger partial charge on any atom is -0.457 e. The molecule has 0 saturated carbocycles. The van der Waals surface area contributed by atoms with E-state index in [9.17, 15) is 0 Å². The number of rotatable bonds is 4. The molecule has 0 radical (unpaired) electrons. The van der Waals surface area contributed by atoms with Gasteiger partial charge in [-0.1, -0.05) is 32.0 Å². The molecule has 20 heavy (non-hydrogen) atoms. The maximum atomic E-state index is 8.93. The lowest BCUT2D eigenvalue weighted by molar-refractivity contribution is 0.470. The first-order chi connectivity index (χ1) is 9.65. The lowest BCUT2D eigenvalue weighted by atomic mass is 9.98. The number of para-hydroxylation sites is 1. The summed E-state index contributed by atoms with van der Waals surface area (Å²) in [5.74, 6) is 2.05. The van der Waals surface area contributed by atoms with Crippen molar-refractivity contribution in [3.05, 3.63) is 58.1 Å². The van der Waals surface area contributed by atoms with Crippen LogP contribution in [0.5, 0.6) is 11.5 Å². The summed E-state index contributed by atoms with van der Waals surface area (Å²) in [6.45, 7) is 4.36. The Morgan fingerprint density at radius 1 is 1.25 bits per heavy atom. The van der Waals surface area contributed by atoms with Crippen LogP contribution < -0.4 is 4.74 Å². The molecule has 0 saturated heterocycles. The number of ether oxygens (including phenoxy) is 1. The van der Waals surface area contributed by atoms with Crippen molar-refractivity contribution >= 4 is 15.9 Å². The summed E-state index contributed by atoms with van der Waals surface area (Å²) < 4.78 is 6.72. The topological polar surface area (TPSA) is 33.0 Å². The van der Waals surface area contributed by atoms with Crippen LogP contribution in [0.15, 0.2) is 46.9 Å². The van der Waals surface area contributed by atoms with Gasteiger partial charge in [0, 0.05) is 4.47 Å². The van der Waals surface area contributed by atoms with E-state index in [1.54, 1.807) is 6.07 Å². The van der Waals surface area contributed by atoms with Gasteiger partial charge >= 0.3 is 0 Å². The first-order valence-electron chi connectivity index (χ1n) is 6.62. The third-order valence-electron chi connectivity index (χ3n) is 3.35. The second kappa shape index (κ2) is 6.58. The van der Waals surface area contributed by atoms with E-state index < -0.39 is 0 Å². The first kappa shape index (κ1) is 14.6. The summed E-state index contributed by atoms with van der Waals surface area (Å²) in [7, 11) is 0. The zero-order chi connectivity index (χ0) is 14.5. The van der Waals surface area contributed by atoms with Crippen LogP contribution in [0.4, 0.5) is 0 Å². The quantitative estimate of drug-likeness (QED) is 0.728. The van der Waals surface area contributed by atoms with Crippen LogP contribution >= 0.6 is 15.9 Å². The van der Waals surface area contributed by atoms with E-state index in [1.165, 1.54) is 5.56 Å². The second-order valence-corrected chi connectivity index (χ2v) is 5.56. The largest absolute Gasteiger partial charge is 0.457 e. The van der Waals surface area contributed by atoms with Crippen LogP contribution in [0.25, 0.3) is 0 Å². The molecule has 0 bridgehead atoms. The maximum Gasteiger partial charge on any atom is 0.130 e. The van der Waals surface area contributed by atoms with E-state index in [2.05, 4.69) is 41.9 Å². The van der Waals surface area contributed by atoms with Crippen LogP contribution in [-0.4, -0.2) is 0 Å². The second-order valence-electron chi connectivity index (χ2n) is 4.70. The molecule has 0 aliphatic carbocycles. The molecule has 2 nitrogen and oxygen atoms in total. The third-order valence-corrected chi connectivity index (χ3v) is 4.01. The smallest absolute Gasteiger partial charge is 0.130 e. The highest BCUT2D eigenvalue weighted by Crippen LogP contribution is 2.33. The van der Waals surface area contributed by atoms with Gasteiger partial charge in [-0.05, 0) is 58.1 Å². The molecule has 0 aliphatic heterocycles. The molecule has 0 heterocycles. The Morgan fingerprint density at radius 3 is 2.65 bits per heavy atom. The minimum atomic E-state index is 0.452. The molecule has 2 aromatic rings. The standard InChI is InChI=1S/C17H16BrNO/c1-3-12(2)15-6-4-5-7-17(15)20-14-9-8-13(11-19)16(18)10-14/h4-10,12H,3H2,1-2H3. The van der Waals surface area contributed by atoms with Crippen LogP contribution in [0.1, 0.15) is 37.3 Å². The summed E-state index contributed by atoms with van der Waals surface area (Å²) in [5, 5.41) is 8.93. The van der Waals surface area contributed by atoms with Gasteiger partial charge in [-0.2, -0.15) is 5.26 Å². The summed E-state index contributed by atoms with van der Waals surface area (Å²) in [4.78, 5) is 0. The highest BCUT2D eigenvalue weighted by Gasteiger charge is 2.11. The van der Waals surface area contributed by atoms with Gasteiger partial charge < -0.3 is 4.74 Å². The zero-order valence-corrected chi connectivity index (χ0v) is 13.1. The average Bonchev–Trinajstić information content (AvgIpc) is 2.47. The van der Waals surface area contributed by atoms with E-state index in [4.69, 9.17) is 10.00 Å². The molecule has 0 aliphatic rings. The number of nitriles is 1. The minimum absolute atomic E-state index is 0.452. The van der Waals surface area contributed by atoms with Gasteiger partial charge in [-0.3, -0.25) is 0 Å². The van der Waals surface area contributed by atoms with Crippen molar-refractivity contribution < 1.29 is 4.74 Å². The van der Waals surface area contributed by atoms with Crippen LogP contribution in [0, 0.1) is 11.3 Å². The van der Waals surface area contributed by atoms with Gasteiger partial charge in [0.15, 0.2) is 0 Å². The molecule has 0 aromatic heterocycles. The normalized spacial score (nSPS) is 11.7. The van der Waals surface area contributed by atoms with Crippen molar-refractivity contribution in [3.63, 3.8) is 0 Å². The van der Waals surface area contributed by atoms with Crippen molar-refractivity contribution in [1.29, 1.82) is 5.26 Å². The van der Waals surface area contributed by atoms with Crippen molar-refractivity contribution in [2.75, 3.05) is 0 Å². The Kier molecular flexibility index (Phi) is 4.81. The summed E-state index contributed by atoms with van der Waals surface area (Å²) in [5.41, 5.74) is 1.81. The number of halogens is 1. The van der Waals surface area contributed by atoms with Crippen LogP contribution in [0.3, 0.4) is 0 Å². The van der Waals surface area contributed by atoms with Gasteiger partial charge in [0.2, 0.25) is 0 Å². The Morgan fingerprint density at radius 2 is 2.00 bits per heavy atom. The van der Waals surface area contributed by atoms with Crippen LogP contribution in [0.2, 0.25) is 0 Å². The van der Waals surface area contributed by atoms with Crippen LogP contribution in [-0.2, 0) is 0 Å². The highest BCUT2D eigenvalue weighted by molar-refractivity contribution is 9.10. The summed E-state index contributed by atoms with van der Waals surface area (Å²) in [6.07, 6.45) is 1.07. The van der Waals surface area contributed by atoms with E-state index in [-0.39, 0.29) is 0 Å². The van der Waals surface area contributed by atoms with E-state index >= 15 is 0 Å². The molecular formula is C17H16BrNO. The Labute approximate surface area is 128 Å². The van der Waals surface area contributed by atoms with E-state index in [0.29, 0.717) is 11.5 Å². The monoisotopic (exact) mass is 329 g/mol. The fourth-order valence-electron chi connectivity index (χ4n) is 1.98. The molecular weight excluding hydrogens is 314 g/mol. The average molecular weight is 330 g/mol. The fraction of sp³-hybridized carbons (Fsp3) is 0.235. The lowest BCUT2D eigenvalue weighted by Gasteiger charge is -2.15. The van der Waals surface area contributed by atoms with Gasteiger partial charge in [-0.15, -0.1) is 0 Å². The maximum absolute atomic E-state index is 8.93. The highest BCUT2D eigenvalue weighted by atomic mass is 79.9. The molecule has 0 spiro atoms. The molecule has 1 unspecified atom stereocenters. The number of benzene rings is 2. The first-order valence-corrected chi connectivity index (χ1v) is 7.41. The van der Waals surface area contributed by atoms with Crippen molar-refractivity contribution in [2.24, 2.45) is 0 Å². The number of nitrogens with zero attached hydrogens (tertiary/aromatic N) is 1. The van der Waals surface area contributed by atoms with Gasteiger partial charge in [0.25, 0.3) is 0 Å². The van der Waals surface area contributed by atoms with Gasteiger partial charge in [0.05, 0.1) is 5.56 Å². The fourth-order valence-corrected chi connectivity index (χ4v) is 2.42. The summed E-state index contributed by atoms with van der Waals surface area (Å²) in [6, 6.07) is 15.6. The van der Waals surface area contributed by atoms with Gasteiger partial charge in [0.1, 0.15) is 17.6 Å². The summed E-state index contributed by atoms with van der Waals surface area (Å²) >= 11 is 3.38. The number of hydrogen-bond acceptors (Lipinski definition) is 2. The SMILES string of the molecule is CCC(C)c1ccccc1Oc1ccc(C#N)c(Br)c1. The molecule has 2 rings (SSSR count). The molecule has 1 atom stereocenters. The van der Waals surface area contributed by atoms with Gasteiger partial charge in [-0.25, -0.2) is 0 Å². The van der Waals surface area contributed by atoms with E-state index in [1.807, 2.05) is 30.3 Å². The van der Waals surface area contributed by atoms with Crippen molar-refractivity contribution in [2.45, 2.75) is 26.2 Å². The Bertz CT molecular complexity index is 646. The predicted molar refractivity (Wildman–Crippen MR) is 84.1 cm³/mol. The molecule has 3 heteroatoms. The van der Waals surface area contributed by atoms with E-state index in [0.717, 1.165) is 22.4 Å². The zero-order valence-electron chi connectivity index (χ0n) is 11.6. The molecule has 2 aromatic carbocycles. The van der Waals surface area contributed by atoms with Crippen molar-refractivity contribution in [1.82, 2.24) is 0 Å². The third kappa shape index (κ3) is 3.20. The lowest BCUT2D eigenvalue weighted by Crippen LogP contribution is -1.96. The molecule has 0 fully saturated rings. The Hall–Kier alpha value is -1.79. The number of hydrogen-bond donors (Lipinski definition) is 0. The molecule has 0 N–H and O–H groups in total. The Balaban J connectivity index is 2.31. The molecule has 102 valence electrons. The van der Waals surface area contributed by atoms with Crippen molar-refractivity contribution in [3.8, 4) is 17.6 Å².